The molecule has 0 saturated heterocycles. The maximum Gasteiger partial charge on any atom is 0.148 e. The molecule has 1 aromatic heterocycles. The van der Waals surface area contributed by atoms with Crippen LogP contribution in [0, 0.1) is 5.82 Å². The molecule has 0 fully saturated rings. The van der Waals surface area contributed by atoms with Gasteiger partial charge in [-0.25, -0.2) is 4.39 Å². The van der Waals surface area contributed by atoms with Crippen molar-refractivity contribution in [1.29, 1.82) is 0 Å². The highest BCUT2D eigenvalue weighted by molar-refractivity contribution is 5.59. The number of aliphatic hydroxyl groups is 1. The van der Waals surface area contributed by atoms with E-state index < -0.39 is 0 Å². The van der Waals surface area contributed by atoms with E-state index in [1.807, 2.05) is 0 Å². The number of nitrogens with one attached hydrogen (secondary N) is 1. The van der Waals surface area contributed by atoms with Crippen molar-refractivity contribution in [1.82, 2.24) is 10.2 Å². The lowest BCUT2D eigenvalue weighted by Crippen LogP contribution is -2.07. The van der Waals surface area contributed by atoms with E-state index >= 15 is 0 Å². The van der Waals surface area contributed by atoms with Gasteiger partial charge in [-0.1, -0.05) is 12.1 Å². The highest BCUT2D eigenvalue weighted by Gasteiger charge is 2.01. The number of hydrogen-bond donors (Lipinski definition) is 2. The number of hydrogen-bond acceptors (Lipinski definition) is 4. The van der Waals surface area contributed by atoms with E-state index in [1.165, 1.54) is 12.1 Å². The molecule has 0 aliphatic carbocycles. The van der Waals surface area contributed by atoms with Gasteiger partial charge in [-0.05, 0) is 24.3 Å². The van der Waals surface area contributed by atoms with E-state index in [1.54, 1.807) is 24.3 Å². The fraction of sp³-hybridized carbons (Fsp3) is 0.167. The van der Waals surface area contributed by atoms with E-state index in [-0.39, 0.29) is 12.4 Å². The predicted molar refractivity (Wildman–Crippen MR) is 63.0 cm³/mol. The Hall–Kier alpha value is -2.01. The molecule has 0 radical (unpaired) electrons. The van der Waals surface area contributed by atoms with Crippen molar-refractivity contribution in [2.75, 3.05) is 18.5 Å². The van der Waals surface area contributed by atoms with Gasteiger partial charge in [0.15, 0.2) is 0 Å². The van der Waals surface area contributed by atoms with Gasteiger partial charge in [-0.3, -0.25) is 0 Å². The van der Waals surface area contributed by atoms with Gasteiger partial charge in [0.05, 0.1) is 12.3 Å². The van der Waals surface area contributed by atoms with Crippen LogP contribution in [-0.2, 0) is 0 Å². The van der Waals surface area contributed by atoms with Crippen molar-refractivity contribution in [3.8, 4) is 11.3 Å². The van der Waals surface area contributed by atoms with Crippen LogP contribution in [0.25, 0.3) is 11.3 Å². The first-order valence-electron chi connectivity index (χ1n) is 5.24. The Morgan fingerprint density at radius 2 is 2.06 bits per heavy atom. The third-order valence-corrected chi connectivity index (χ3v) is 2.20. The Bertz CT molecular complexity index is 487. The molecule has 0 atom stereocenters. The molecule has 4 nitrogen and oxygen atoms in total. The maximum absolute atomic E-state index is 13.0. The molecule has 0 saturated carbocycles. The first-order valence-corrected chi connectivity index (χ1v) is 5.24. The average Bonchev–Trinajstić information content (AvgIpc) is 2.37. The Labute approximate surface area is 98.1 Å². The van der Waals surface area contributed by atoms with Crippen LogP contribution in [0.3, 0.4) is 0 Å². The molecule has 88 valence electrons. The van der Waals surface area contributed by atoms with Gasteiger partial charge in [0, 0.05) is 12.1 Å². The Morgan fingerprint density at radius 1 is 1.18 bits per heavy atom. The van der Waals surface area contributed by atoms with Gasteiger partial charge in [0.1, 0.15) is 11.6 Å². The highest BCUT2D eigenvalue weighted by atomic mass is 19.1. The lowest BCUT2D eigenvalue weighted by atomic mass is 10.1. The molecule has 0 amide bonds. The smallest absolute Gasteiger partial charge is 0.148 e. The molecule has 0 spiro atoms. The normalized spacial score (nSPS) is 10.2. The SMILES string of the molecule is OCCNc1ccc(-c2cccc(F)c2)nn1. The molecule has 0 aliphatic heterocycles. The summed E-state index contributed by atoms with van der Waals surface area (Å²) < 4.78 is 13.0. The van der Waals surface area contributed by atoms with Gasteiger partial charge in [0.25, 0.3) is 0 Å². The van der Waals surface area contributed by atoms with Gasteiger partial charge >= 0.3 is 0 Å². The second-order valence-electron chi connectivity index (χ2n) is 3.46. The van der Waals surface area contributed by atoms with E-state index in [9.17, 15) is 4.39 Å². The minimum atomic E-state index is -0.299. The van der Waals surface area contributed by atoms with Crippen LogP contribution >= 0.6 is 0 Å². The quantitative estimate of drug-likeness (QED) is 0.843. The highest BCUT2D eigenvalue weighted by Crippen LogP contribution is 2.17. The third kappa shape index (κ3) is 2.98. The molecular weight excluding hydrogens is 221 g/mol. The maximum atomic E-state index is 13.0. The number of anilines is 1. The molecule has 1 heterocycles. The molecule has 17 heavy (non-hydrogen) atoms. The number of halogens is 1. The van der Waals surface area contributed by atoms with Gasteiger partial charge < -0.3 is 10.4 Å². The Kier molecular flexibility index (Phi) is 3.62. The molecule has 0 unspecified atom stereocenters. The topological polar surface area (TPSA) is 58.0 Å². The minimum absolute atomic E-state index is 0.0350. The minimum Gasteiger partial charge on any atom is -0.395 e. The number of nitrogens with zero attached hydrogens (tertiary/aromatic N) is 2. The zero-order valence-electron chi connectivity index (χ0n) is 9.10. The van der Waals surface area contributed by atoms with Crippen LogP contribution in [0.4, 0.5) is 10.2 Å². The number of aromatic nitrogens is 2. The fourth-order valence-electron chi connectivity index (χ4n) is 1.41. The number of rotatable bonds is 4. The van der Waals surface area contributed by atoms with E-state index in [2.05, 4.69) is 15.5 Å². The molecular formula is C12H12FN3O. The molecule has 0 bridgehead atoms. The van der Waals surface area contributed by atoms with Crippen LogP contribution in [0.2, 0.25) is 0 Å². The van der Waals surface area contributed by atoms with E-state index in [0.717, 1.165) is 0 Å². The largest absolute Gasteiger partial charge is 0.395 e. The predicted octanol–water partition coefficient (Wildman–Crippen LogP) is 1.69. The van der Waals surface area contributed by atoms with E-state index in [0.29, 0.717) is 23.6 Å². The van der Waals surface area contributed by atoms with Crippen molar-refractivity contribution in [3.63, 3.8) is 0 Å². The molecule has 1 aromatic carbocycles. The van der Waals surface area contributed by atoms with Crippen LogP contribution in [0.5, 0.6) is 0 Å². The van der Waals surface area contributed by atoms with Crippen molar-refractivity contribution >= 4 is 5.82 Å². The van der Waals surface area contributed by atoms with Crippen molar-refractivity contribution in [2.45, 2.75) is 0 Å². The van der Waals surface area contributed by atoms with Crippen LogP contribution < -0.4 is 5.32 Å². The summed E-state index contributed by atoms with van der Waals surface area (Å²) in [6.07, 6.45) is 0. The zero-order chi connectivity index (χ0) is 12.1. The monoisotopic (exact) mass is 233 g/mol. The summed E-state index contributed by atoms with van der Waals surface area (Å²) in [5.74, 6) is 0.283. The van der Waals surface area contributed by atoms with Crippen molar-refractivity contribution in [3.05, 3.63) is 42.2 Å². The first kappa shape index (κ1) is 11.5. The fourth-order valence-corrected chi connectivity index (χ4v) is 1.41. The Morgan fingerprint density at radius 3 is 2.71 bits per heavy atom. The molecule has 0 aliphatic rings. The first-order chi connectivity index (χ1) is 8.29. The van der Waals surface area contributed by atoms with Gasteiger partial charge in [0.2, 0.25) is 0 Å². The summed E-state index contributed by atoms with van der Waals surface area (Å²) >= 11 is 0. The Balaban J connectivity index is 2.17. The summed E-state index contributed by atoms with van der Waals surface area (Å²) in [6, 6.07) is 9.68. The summed E-state index contributed by atoms with van der Waals surface area (Å²) in [4.78, 5) is 0. The van der Waals surface area contributed by atoms with Crippen LogP contribution in [0.15, 0.2) is 36.4 Å². The number of benzene rings is 1. The third-order valence-electron chi connectivity index (χ3n) is 2.20. The second kappa shape index (κ2) is 5.36. The second-order valence-corrected chi connectivity index (χ2v) is 3.46. The molecule has 5 heteroatoms. The number of aliphatic hydroxyl groups excluding tert-OH is 1. The zero-order valence-corrected chi connectivity index (χ0v) is 9.10. The molecule has 2 aromatic rings. The van der Waals surface area contributed by atoms with Crippen LogP contribution in [0.1, 0.15) is 0 Å². The van der Waals surface area contributed by atoms with Gasteiger partial charge in [-0.2, -0.15) is 0 Å². The summed E-state index contributed by atoms with van der Waals surface area (Å²) in [5.41, 5.74) is 1.30. The molecule has 2 N–H and O–H groups in total. The van der Waals surface area contributed by atoms with E-state index in [4.69, 9.17) is 5.11 Å². The average molecular weight is 233 g/mol. The van der Waals surface area contributed by atoms with Crippen molar-refractivity contribution < 1.29 is 9.50 Å². The summed E-state index contributed by atoms with van der Waals surface area (Å²) in [7, 11) is 0. The van der Waals surface area contributed by atoms with Crippen LogP contribution in [-0.4, -0.2) is 28.5 Å². The molecule has 2 rings (SSSR count). The summed E-state index contributed by atoms with van der Waals surface area (Å²) in [6.45, 7) is 0.460. The van der Waals surface area contributed by atoms with Crippen molar-refractivity contribution in [2.24, 2.45) is 0 Å². The standard InChI is InChI=1S/C12H12FN3O/c13-10-3-1-2-9(8-10)11-4-5-12(16-15-11)14-6-7-17/h1-5,8,17H,6-7H2,(H,14,16). The lowest BCUT2D eigenvalue weighted by molar-refractivity contribution is 0.311. The summed E-state index contributed by atoms with van der Waals surface area (Å²) in [5, 5.41) is 19.4. The van der Waals surface area contributed by atoms with Gasteiger partial charge in [-0.15, -0.1) is 10.2 Å². The lowest BCUT2D eigenvalue weighted by Gasteiger charge is -2.04.